The third-order valence-corrected chi connectivity index (χ3v) is 5.17. The van der Waals surface area contributed by atoms with Crippen molar-refractivity contribution in [2.75, 3.05) is 0 Å². The number of furan rings is 1. The van der Waals surface area contributed by atoms with Crippen molar-refractivity contribution < 1.29 is 17.9 Å². The number of sulfonamides is 1. The lowest BCUT2D eigenvalue weighted by molar-refractivity contribution is 0.244. The third kappa shape index (κ3) is 3.37. The summed E-state index contributed by atoms with van der Waals surface area (Å²) >= 11 is 7.09. The summed E-state index contributed by atoms with van der Waals surface area (Å²) in [5, 5.41) is 8.93. The van der Waals surface area contributed by atoms with Crippen LogP contribution < -0.4 is 4.72 Å². The van der Waals surface area contributed by atoms with Gasteiger partial charge in [0.25, 0.3) is 0 Å². The van der Waals surface area contributed by atoms with E-state index in [9.17, 15) is 8.42 Å². The highest BCUT2D eigenvalue weighted by atomic mass is 35.5. The highest BCUT2D eigenvalue weighted by molar-refractivity contribution is 7.89. The van der Waals surface area contributed by atoms with Crippen LogP contribution in [0.2, 0.25) is 4.34 Å². The Morgan fingerprint density at radius 1 is 1.47 bits per heavy atom. The van der Waals surface area contributed by atoms with E-state index < -0.39 is 10.0 Å². The number of aliphatic hydroxyl groups is 1. The van der Waals surface area contributed by atoms with E-state index in [1.165, 1.54) is 24.3 Å². The van der Waals surface area contributed by atoms with Crippen LogP contribution in [0.3, 0.4) is 0 Å². The number of aliphatic hydroxyl groups excluding tert-OH is 1. The number of hydrogen-bond donors (Lipinski definition) is 2. The molecule has 0 unspecified atom stereocenters. The predicted octanol–water partition coefficient (Wildman–Crippen LogP) is 2.27. The Morgan fingerprint density at radius 3 is 2.74 bits per heavy atom. The molecule has 0 radical (unpaired) electrons. The first-order valence-electron chi connectivity index (χ1n) is 5.36. The van der Waals surface area contributed by atoms with Crippen LogP contribution in [0.5, 0.6) is 0 Å². The maximum atomic E-state index is 12.1. The lowest BCUT2D eigenvalue weighted by Crippen LogP contribution is -2.22. The Balaban J connectivity index is 2.15. The molecule has 2 aromatic rings. The van der Waals surface area contributed by atoms with E-state index in [4.69, 9.17) is 21.1 Å². The minimum Gasteiger partial charge on any atom is -0.462 e. The average molecular weight is 322 g/mol. The van der Waals surface area contributed by atoms with Crippen LogP contribution in [0.4, 0.5) is 0 Å². The number of aryl methyl sites for hydroxylation is 1. The number of halogens is 1. The molecule has 104 valence electrons. The second-order valence-corrected chi connectivity index (χ2v) is 7.36. The smallest absolute Gasteiger partial charge is 0.244 e. The first-order valence-corrected chi connectivity index (χ1v) is 8.04. The second kappa shape index (κ2) is 5.64. The topological polar surface area (TPSA) is 79.5 Å². The molecule has 0 atom stereocenters. The van der Waals surface area contributed by atoms with E-state index in [0.717, 1.165) is 4.88 Å². The van der Waals surface area contributed by atoms with Gasteiger partial charge >= 0.3 is 0 Å². The molecule has 0 aliphatic carbocycles. The Bertz CT molecular complexity index is 675. The van der Waals surface area contributed by atoms with Gasteiger partial charge in [-0.15, -0.1) is 11.3 Å². The van der Waals surface area contributed by atoms with Crippen molar-refractivity contribution >= 4 is 33.0 Å². The van der Waals surface area contributed by atoms with Gasteiger partial charge in [0.15, 0.2) is 0 Å². The van der Waals surface area contributed by atoms with Crippen LogP contribution in [0.25, 0.3) is 0 Å². The Labute approximate surface area is 119 Å². The summed E-state index contributed by atoms with van der Waals surface area (Å²) < 4.78 is 32.4. The molecule has 5 nitrogen and oxygen atoms in total. The van der Waals surface area contributed by atoms with E-state index in [1.54, 1.807) is 12.1 Å². The minimum atomic E-state index is -3.66. The molecule has 0 fully saturated rings. The molecule has 19 heavy (non-hydrogen) atoms. The van der Waals surface area contributed by atoms with Crippen LogP contribution in [0, 0.1) is 6.92 Å². The van der Waals surface area contributed by atoms with Crippen molar-refractivity contribution in [2.45, 2.75) is 25.0 Å². The van der Waals surface area contributed by atoms with Crippen LogP contribution >= 0.6 is 22.9 Å². The van der Waals surface area contributed by atoms with Crippen molar-refractivity contribution in [3.8, 4) is 0 Å². The molecular formula is C11H12ClNO4S2. The Hall–Kier alpha value is -0.860. The van der Waals surface area contributed by atoms with Crippen molar-refractivity contribution in [1.82, 2.24) is 4.72 Å². The summed E-state index contributed by atoms with van der Waals surface area (Å²) in [4.78, 5) is 0.858. The van der Waals surface area contributed by atoms with Gasteiger partial charge in [0.2, 0.25) is 10.0 Å². The fraction of sp³-hybridized carbons (Fsp3) is 0.273. The summed E-state index contributed by atoms with van der Waals surface area (Å²) in [7, 11) is -3.66. The normalized spacial score (nSPS) is 11.9. The van der Waals surface area contributed by atoms with Gasteiger partial charge in [-0.1, -0.05) is 11.6 Å². The van der Waals surface area contributed by atoms with Gasteiger partial charge < -0.3 is 9.52 Å². The summed E-state index contributed by atoms with van der Waals surface area (Å²) in [6, 6.07) is 4.79. The molecule has 0 aromatic carbocycles. The first kappa shape index (κ1) is 14.5. The molecular weight excluding hydrogens is 310 g/mol. The van der Waals surface area contributed by atoms with E-state index >= 15 is 0 Å². The fourth-order valence-corrected chi connectivity index (χ4v) is 3.89. The highest BCUT2D eigenvalue weighted by Crippen LogP contribution is 2.23. The third-order valence-electron chi connectivity index (χ3n) is 2.43. The highest BCUT2D eigenvalue weighted by Gasteiger charge is 2.21. The molecule has 2 N–H and O–H groups in total. The predicted molar refractivity (Wildman–Crippen MR) is 72.7 cm³/mol. The number of rotatable bonds is 5. The summed E-state index contributed by atoms with van der Waals surface area (Å²) in [5.41, 5.74) is 0. The second-order valence-electron chi connectivity index (χ2n) is 3.82. The molecule has 0 amide bonds. The fourth-order valence-electron chi connectivity index (χ4n) is 1.56. The van der Waals surface area contributed by atoms with Crippen LogP contribution in [-0.4, -0.2) is 13.5 Å². The molecule has 2 rings (SSSR count). The standard InChI is InChI=1S/C11H12ClNO4S2/c1-7-10(4-8(6-14)17-7)19(15,16)13-5-9-2-3-11(12)18-9/h2-4,13-14H,5-6H2,1H3. The molecule has 8 heteroatoms. The van der Waals surface area contributed by atoms with Crippen molar-refractivity contribution in [2.24, 2.45) is 0 Å². The summed E-state index contributed by atoms with van der Waals surface area (Å²) in [5.74, 6) is 0.470. The van der Waals surface area contributed by atoms with Crippen molar-refractivity contribution in [3.63, 3.8) is 0 Å². The Kier molecular flexibility index (Phi) is 4.32. The van der Waals surface area contributed by atoms with Gasteiger partial charge in [-0.3, -0.25) is 0 Å². The van der Waals surface area contributed by atoms with Crippen LogP contribution in [-0.2, 0) is 23.2 Å². The van der Waals surface area contributed by atoms with Gasteiger partial charge in [0, 0.05) is 17.5 Å². The molecule has 0 spiro atoms. The quantitative estimate of drug-likeness (QED) is 0.885. The number of hydrogen-bond acceptors (Lipinski definition) is 5. The van der Waals surface area contributed by atoms with Gasteiger partial charge in [-0.2, -0.15) is 0 Å². The summed E-state index contributed by atoms with van der Waals surface area (Å²) in [6.45, 7) is 1.37. The molecule has 0 aliphatic rings. The van der Waals surface area contributed by atoms with Crippen molar-refractivity contribution in [1.29, 1.82) is 0 Å². The monoisotopic (exact) mass is 321 g/mol. The molecule has 2 heterocycles. The van der Waals surface area contributed by atoms with Gasteiger partial charge in [0.1, 0.15) is 23.0 Å². The van der Waals surface area contributed by atoms with E-state index in [-0.39, 0.29) is 29.6 Å². The van der Waals surface area contributed by atoms with Gasteiger partial charge in [-0.05, 0) is 19.1 Å². The van der Waals surface area contributed by atoms with Gasteiger partial charge in [0.05, 0.1) is 4.34 Å². The zero-order valence-corrected chi connectivity index (χ0v) is 12.4. The Morgan fingerprint density at radius 2 is 2.21 bits per heavy atom. The van der Waals surface area contributed by atoms with E-state index in [0.29, 0.717) is 4.34 Å². The maximum absolute atomic E-state index is 12.1. The van der Waals surface area contributed by atoms with E-state index in [2.05, 4.69) is 4.72 Å². The number of thiophene rings is 1. The molecule has 0 bridgehead atoms. The van der Waals surface area contributed by atoms with Crippen molar-refractivity contribution in [3.05, 3.63) is 38.9 Å². The molecule has 0 aliphatic heterocycles. The molecule has 0 saturated heterocycles. The van der Waals surface area contributed by atoms with E-state index in [1.807, 2.05) is 0 Å². The summed E-state index contributed by atoms with van der Waals surface area (Å²) in [6.07, 6.45) is 0. The molecule has 2 aromatic heterocycles. The minimum absolute atomic E-state index is 0.0409. The lowest BCUT2D eigenvalue weighted by Gasteiger charge is -2.03. The SMILES string of the molecule is Cc1oc(CO)cc1S(=O)(=O)NCc1ccc(Cl)s1. The molecule has 0 saturated carbocycles. The zero-order valence-electron chi connectivity index (χ0n) is 10.0. The maximum Gasteiger partial charge on any atom is 0.244 e. The largest absolute Gasteiger partial charge is 0.462 e. The van der Waals surface area contributed by atoms with Crippen LogP contribution in [0.1, 0.15) is 16.4 Å². The average Bonchev–Trinajstić information content (AvgIpc) is 2.93. The zero-order chi connectivity index (χ0) is 14.0. The lowest BCUT2D eigenvalue weighted by atomic mass is 10.4. The number of nitrogens with one attached hydrogen (secondary N) is 1. The van der Waals surface area contributed by atoms with Gasteiger partial charge in [-0.25, -0.2) is 13.1 Å². The van der Waals surface area contributed by atoms with Crippen LogP contribution in [0.15, 0.2) is 27.5 Å². The first-order chi connectivity index (χ1) is 8.92.